The molecule has 0 saturated carbocycles. The Bertz CT molecular complexity index is 832. The molecule has 2 heteroatoms. The van der Waals surface area contributed by atoms with Crippen LogP contribution >= 0.6 is 0 Å². The molecule has 0 saturated heterocycles. The van der Waals surface area contributed by atoms with Gasteiger partial charge < -0.3 is 9.80 Å². The Labute approximate surface area is 199 Å². The van der Waals surface area contributed by atoms with E-state index < -0.39 is 0 Å². The standard InChI is InChI=1S/C30H48N2/c1-21-17-15-18-22(2)25(21)31(27(5,6)7)29(11,12)30(13,14)32(28(8,9)10)26-23(3)19-16-20-24(26)4/h15-20H,1-14H3. The van der Waals surface area contributed by atoms with Crippen molar-refractivity contribution in [2.75, 3.05) is 9.80 Å². The van der Waals surface area contributed by atoms with Crippen molar-refractivity contribution in [3.05, 3.63) is 58.7 Å². The first-order chi connectivity index (χ1) is 14.3. The molecule has 0 unspecified atom stereocenters. The average molecular weight is 437 g/mol. The summed E-state index contributed by atoms with van der Waals surface area (Å²) in [7, 11) is 0. The van der Waals surface area contributed by atoms with Gasteiger partial charge in [0.05, 0.1) is 11.1 Å². The SMILES string of the molecule is Cc1cccc(C)c1N(C(C)(C)C)C(C)(C)C(C)(C)N(c1c(C)cccc1C)C(C)(C)C. The van der Waals surface area contributed by atoms with Crippen molar-refractivity contribution < 1.29 is 0 Å². The Hall–Kier alpha value is -1.96. The van der Waals surface area contributed by atoms with Crippen molar-refractivity contribution in [1.29, 1.82) is 0 Å². The predicted octanol–water partition coefficient (Wildman–Crippen LogP) is 8.39. The minimum atomic E-state index is -0.190. The molecule has 0 aromatic heterocycles. The van der Waals surface area contributed by atoms with Crippen molar-refractivity contribution in [1.82, 2.24) is 0 Å². The molecule has 0 N–H and O–H groups in total. The van der Waals surface area contributed by atoms with Crippen LogP contribution in [0.25, 0.3) is 0 Å². The molecule has 0 aliphatic carbocycles. The summed E-state index contributed by atoms with van der Waals surface area (Å²) >= 11 is 0. The minimum absolute atomic E-state index is 0.0536. The minimum Gasteiger partial charge on any atom is -0.359 e. The van der Waals surface area contributed by atoms with E-state index in [9.17, 15) is 0 Å². The molecule has 2 rings (SSSR count). The van der Waals surface area contributed by atoms with E-state index in [1.165, 1.54) is 33.6 Å². The highest BCUT2D eigenvalue weighted by molar-refractivity contribution is 5.66. The largest absolute Gasteiger partial charge is 0.359 e. The fourth-order valence-electron chi connectivity index (χ4n) is 5.77. The summed E-state index contributed by atoms with van der Waals surface area (Å²) in [5, 5.41) is 0. The van der Waals surface area contributed by atoms with Crippen molar-refractivity contribution in [2.24, 2.45) is 0 Å². The first kappa shape index (κ1) is 26.3. The molecule has 0 spiro atoms. The molecule has 2 aromatic rings. The third-order valence-electron chi connectivity index (χ3n) is 7.28. The molecule has 0 fully saturated rings. The Morgan fingerprint density at radius 2 is 0.656 bits per heavy atom. The van der Waals surface area contributed by atoms with E-state index in [4.69, 9.17) is 0 Å². The molecule has 0 amide bonds. The molecule has 0 bridgehead atoms. The van der Waals surface area contributed by atoms with Crippen LogP contribution in [0.3, 0.4) is 0 Å². The normalized spacial score (nSPS) is 13.3. The van der Waals surface area contributed by atoms with Gasteiger partial charge in [0.25, 0.3) is 0 Å². The number of anilines is 2. The van der Waals surface area contributed by atoms with E-state index in [-0.39, 0.29) is 22.2 Å². The zero-order valence-corrected chi connectivity index (χ0v) is 23.4. The summed E-state index contributed by atoms with van der Waals surface area (Å²) in [6, 6.07) is 13.3. The lowest BCUT2D eigenvalue weighted by molar-refractivity contribution is 0.201. The van der Waals surface area contributed by atoms with Crippen molar-refractivity contribution in [3.8, 4) is 0 Å². The molecule has 0 radical (unpaired) electrons. The van der Waals surface area contributed by atoms with Crippen LogP contribution < -0.4 is 9.80 Å². The van der Waals surface area contributed by atoms with Gasteiger partial charge in [-0.2, -0.15) is 0 Å². The van der Waals surface area contributed by atoms with E-state index in [0.29, 0.717) is 0 Å². The lowest BCUT2D eigenvalue weighted by atomic mass is 9.73. The van der Waals surface area contributed by atoms with Crippen LogP contribution in [-0.2, 0) is 0 Å². The molecule has 32 heavy (non-hydrogen) atoms. The summed E-state index contributed by atoms with van der Waals surface area (Å²) in [4.78, 5) is 5.36. The zero-order valence-electron chi connectivity index (χ0n) is 23.4. The first-order valence-corrected chi connectivity index (χ1v) is 12.1. The van der Waals surface area contributed by atoms with Gasteiger partial charge in [0, 0.05) is 22.5 Å². The van der Waals surface area contributed by atoms with E-state index in [2.05, 4.69) is 143 Å². The van der Waals surface area contributed by atoms with Crippen LogP contribution in [0.15, 0.2) is 36.4 Å². The number of hydrogen-bond acceptors (Lipinski definition) is 2. The lowest BCUT2D eigenvalue weighted by Crippen LogP contribution is -2.72. The number of hydrogen-bond donors (Lipinski definition) is 0. The fourth-order valence-corrected chi connectivity index (χ4v) is 5.77. The second kappa shape index (κ2) is 8.43. The third-order valence-corrected chi connectivity index (χ3v) is 7.28. The van der Waals surface area contributed by atoms with Gasteiger partial charge in [-0.1, -0.05) is 36.4 Å². The molecule has 0 aliphatic heterocycles. The molecule has 2 aromatic carbocycles. The van der Waals surface area contributed by atoms with Crippen LogP contribution in [0, 0.1) is 27.7 Å². The molecule has 178 valence electrons. The van der Waals surface area contributed by atoms with E-state index >= 15 is 0 Å². The van der Waals surface area contributed by atoms with Gasteiger partial charge >= 0.3 is 0 Å². The van der Waals surface area contributed by atoms with Crippen LogP contribution in [0.5, 0.6) is 0 Å². The topological polar surface area (TPSA) is 6.48 Å². The van der Waals surface area contributed by atoms with Gasteiger partial charge in [0.2, 0.25) is 0 Å². The van der Waals surface area contributed by atoms with E-state index in [0.717, 1.165) is 0 Å². The second-order valence-corrected chi connectivity index (χ2v) is 12.6. The van der Waals surface area contributed by atoms with Crippen LogP contribution in [0.4, 0.5) is 11.4 Å². The highest BCUT2D eigenvalue weighted by Crippen LogP contribution is 2.47. The maximum absolute atomic E-state index is 2.68. The van der Waals surface area contributed by atoms with Crippen LogP contribution in [0.1, 0.15) is 91.5 Å². The molecule has 2 nitrogen and oxygen atoms in total. The first-order valence-electron chi connectivity index (χ1n) is 12.1. The summed E-state index contributed by atoms with van der Waals surface area (Å²) in [5.74, 6) is 0. The number of para-hydroxylation sites is 2. The molecule has 0 aliphatic rings. The summed E-state index contributed by atoms with van der Waals surface area (Å²) < 4.78 is 0. The second-order valence-electron chi connectivity index (χ2n) is 12.6. The third kappa shape index (κ3) is 4.56. The lowest BCUT2D eigenvalue weighted by Gasteiger charge is -2.63. The number of benzene rings is 2. The van der Waals surface area contributed by atoms with Crippen LogP contribution in [0.2, 0.25) is 0 Å². The van der Waals surface area contributed by atoms with Gasteiger partial charge in [-0.05, 0) is 119 Å². The van der Waals surface area contributed by atoms with Crippen molar-refractivity contribution in [2.45, 2.75) is 119 Å². The smallest absolute Gasteiger partial charge is 0.0577 e. The molecular formula is C30H48N2. The predicted molar refractivity (Wildman–Crippen MR) is 144 cm³/mol. The highest BCUT2D eigenvalue weighted by atomic mass is 15.4. The monoisotopic (exact) mass is 436 g/mol. The quantitative estimate of drug-likeness (QED) is 0.464. The highest BCUT2D eigenvalue weighted by Gasteiger charge is 2.52. The average Bonchev–Trinajstić information content (AvgIpc) is 2.58. The maximum atomic E-state index is 2.68. The summed E-state index contributed by atoms with van der Waals surface area (Å²) in [5.41, 5.74) is 7.55. The van der Waals surface area contributed by atoms with E-state index in [1.807, 2.05) is 0 Å². The fraction of sp³-hybridized carbons (Fsp3) is 0.600. The van der Waals surface area contributed by atoms with Crippen LogP contribution in [-0.4, -0.2) is 22.2 Å². The molecule has 0 heterocycles. The Morgan fingerprint density at radius 1 is 0.438 bits per heavy atom. The van der Waals surface area contributed by atoms with Gasteiger partial charge in [-0.25, -0.2) is 0 Å². The Morgan fingerprint density at radius 3 is 0.844 bits per heavy atom. The van der Waals surface area contributed by atoms with E-state index in [1.54, 1.807) is 0 Å². The van der Waals surface area contributed by atoms with Gasteiger partial charge in [0.1, 0.15) is 0 Å². The Kier molecular flexibility index (Phi) is 6.93. The van der Waals surface area contributed by atoms with Crippen molar-refractivity contribution >= 4 is 11.4 Å². The van der Waals surface area contributed by atoms with Gasteiger partial charge in [-0.3, -0.25) is 0 Å². The van der Waals surface area contributed by atoms with Gasteiger partial charge in [-0.15, -0.1) is 0 Å². The van der Waals surface area contributed by atoms with Gasteiger partial charge in [0.15, 0.2) is 0 Å². The van der Waals surface area contributed by atoms with Crippen molar-refractivity contribution in [3.63, 3.8) is 0 Å². The molecular weight excluding hydrogens is 388 g/mol. The molecule has 0 atom stereocenters. The number of rotatable bonds is 5. The number of aryl methyl sites for hydroxylation is 4. The maximum Gasteiger partial charge on any atom is 0.0577 e. The Balaban J connectivity index is 2.87. The summed E-state index contributed by atoms with van der Waals surface area (Å²) in [6.07, 6.45) is 0. The number of nitrogens with zero attached hydrogens (tertiary/aromatic N) is 2. The zero-order chi connectivity index (χ0) is 24.9. The summed E-state index contributed by atoms with van der Waals surface area (Å²) in [6.45, 7) is 32.8.